The van der Waals surface area contributed by atoms with E-state index >= 15 is 0 Å². The molecule has 1 aliphatic heterocycles. The Hall–Kier alpha value is -2.63. The molecule has 1 aromatic carbocycles. The van der Waals surface area contributed by atoms with Crippen LogP contribution in [0.3, 0.4) is 0 Å². The molecule has 2 aromatic rings. The second-order valence-corrected chi connectivity index (χ2v) is 5.68. The molecule has 1 aliphatic carbocycles. The largest absolute Gasteiger partial charge is 0.335 e. The Kier molecular flexibility index (Phi) is 3.14. The van der Waals surface area contributed by atoms with Crippen molar-refractivity contribution in [3.05, 3.63) is 42.0 Å². The Balaban J connectivity index is 1.47. The topological polar surface area (TPSA) is 70.2 Å². The molecule has 112 valence electrons. The second kappa shape index (κ2) is 5.29. The number of amides is 2. The van der Waals surface area contributed by atoms with Gasteiger partial charge in [0, 0.05) is 18.3 Å². The number of benzene rings is 1. The maximum atomic E-state index is 11.7. The Morgan fingerprint density at radius 1 is 1.14 bits per heavy atom. The molecular formula is C16H17N5O. The average Bonchev–Trinajstić information content (AvgIpc) is 3.24. The van der Waals surface area contributed by atoms with Crippen molar-refractivity contribution < 1.29 is 4.79 Å². The summed E-state index contributed by atoms with van der Waals surface area (Å²) >= 11 is 0. The lowest BCUT2D eigenvalue weighted by molar-refractivity contribution is 0.251. The molecule has 0 atom stereocenters. The molecule has 2 heterocycles. The number of para-hydroxylation sites is 1. The van der Waals surface area contributed by atoms with Crippen molar-refractivity contribution in [3.8, 4) is 0 Å². The van der Waals surface area contributed by atoms with E-state index in [4.69, 9.17) is 0 Å². The lowest BCUT2D eigenvalue weighted by atomic mass is 10.2. The number of carbonyl (C=O) groups is 1. The number of hydrogen-bond acceptors (Lipinski definition) is 4. The van der Waals surface area contributed by atoms with Crippen molar-refractivity contribution in [1.82, 2.24) is 15.5 Å². The molecule has 2 amide bonds. The monoisotopic (exact) mass is 295 g/mol. The Morgan fingerprint density at radius 3 is 2.77 bits per heavy atom. The van der Waals surface area contributed by atoms with E-state index in [1.807, 2.05) is 12.1 Å². The SMILES string of the molecule is O=C(Nc1ccc(N2CCc3ccccc32)nn1)NC1CC1. The van der Waals surface area contributed by atoms with Gasteiger partial charge in [0.05, 0.1) is 0 Å². The molecule has 2 aliphatic rings. The second-order valence-electron chi connectivity index (χ2n) is 5.68. The van der Waals surface area contributed by atoms with Crippen molar-refractivity contribution in [1.29, 1.82) is 0 Å². The van der Waals surface area contributed by atoms with E-state index in [1.165, 1.54) is 11.3 Å². The van der Waals surface area contributed by atoms with E-state index in [1.54, 1.807) is 6.07 Å². The van der Waals surface area contributed by atoms with Crippen molar-refractivity contribution in [3.63, 3.8) is 0 Å². The third-order valence-corrected chi connectivity index (χ3v) is 3.97. The van der Waals surface area contributed by atoms with Crippen LogP contribution < -0.4 is 15.5 Å². The lowest BCUT2D eigenvalue weighted by Crippen LogP contribution is -2.30. The van der Waals surface area contributed by atoms with Gasteiger partial charge in [0.2, 0.25) is 0 Å². The van der Waals surface area contributed by atoms with E-state index in [0.717, 1.165) is 31.6 Å². The fourth-order valence-corrected chi connectivity index (χ4v) is 2.68. The molecule has 0 saturated heterocycles. The average molecular weight is 295 g/mol. The van der Waals surface area contributed by atoms with Crippen LogP contribution >= 0.6 is 0 Å². The summed E-state index contributed by atoms with van der Waals surface area (Å²) < 4.78 is 0. The summed E-state index contributed by atoms with van der Waals surface area (Å²) in [6.07, 6.45) is 3.14. The van der Waals surface area contributed by atoms with Crippen LogP contribution in [0.2, 0.25) is 0 Å². The molecule has 0 radical (unpaired) electrons. The van der Waals surface area contributed by atoms with Crippen molar-refractivity contribution in [2.45, 2.75) is 25.3 Å². The van der Waals surface area contributed by atoms with Crippen molar-refractivity contribution >= 4 is 23.4 Å². The fraction of sp³-hybridized carbons (Fsp3) is 0.312. The fourth-order valence-electron chi connectivity index (χ4n) is 2.68. The molecule has 6 nitrogen and oxygen atoms in total. The van der Waals surface area contributed by atoms with Gasteiger partial charge in [-0.25, -0.2) is 4.79 Å². The summed E-state index contributed by atoms with van der Waals surface area (Å²) in [5, 5.41) is 13.9. The minimum absolute atomic E-state index is 0.212. The number of carbonyl (C=O) groups excluding carboxylic acids is 1. The maximum absolute atomic E-state index is 11.7. The number of aromatic nitrogens is 2. The molecule has 1 aromatic heterocycles. The first kappa shape index (κ1) is 13.1. The molecule has 22 heavy (non-hydrogen) atoms. The molecule has 4 rings (SSSR count). The first-order valence-electron chi connectivity index (χ1n) is 7.56. The van der Waals surface area contributed by atoms with E-state index in [0.29, 0.717) is 11.9 Å². The Labute approximate surface area is 128 Å². The Morgan fingerprint density at radius 2 is 2.00 bits per heavy atom. The number of rotatable bonds is 3. The highest BCUT2D eigenvalue weighted by Gasteiger charge is 2.24. The number of fused-ring (bicyclic) bond motifs is 1. The molecule has 0 unspecified atom stereocenters. The lowest BCUT2D eigenvalue weighted by Gasteiger charge is -2.17. The molecular weight excluding hydrogens is 278 g/mol. The van der Waals surface area contributed by atoms with Gasteiger partial charge < -0.3 is 10.2 Å². The summed E-state index contributed by atoms with van der Waals surface area (Å²) in [5.74, 6) is 1.27. The summed E-state index contributed by atoms with van der Waals surface area (Å²) in [4.78, 5) is 13.8. The van der Waals surface area contributed by atoms with Crippen LogP contribution in [0.15, 0.2) is 36.4 Å². The highest BCUT2D eigenvalue weighted by atomic mass is 16.2. The van der Waals surface area contributed by atoms with Crippen LogP contribution in [0.25, 0.3) is 0 Å². The third kappa shape index (κ3) is 2.59. The summed E-state index contributed by atoms with van der Waals surface area (Å²) in [6.45, 7) is 0.906. The van der Waals surface area contributed by atoms with Crippen molar-refractivity contribution in [2.24, 2.45) is 0 Å². The summed E-state index contributed by atoms with van der Waals surface area (Å²) in [7, 11) is 0. The number of urea groups is 1. The van der Waals surface area contributed by atoms with Crippen LogP contribution in [0.1, 0.15) is 18.4 Å². The van der Waals surface area contributed by atoms with Gasteiger partial charge in [0.15, 0.2) is 11.6 Å². The highest BCUT2D eigenvalue weighted by molar-refractivity contribution is 5.88. The van der Waals surface area contributed by atoms with Gasteiger partial charge in [-0.15, -0.1) is 10.2 Å². The zero-order valence-corrected chi connectivity index (χ0v) is 12.1. The minimum atomic E-state index is -0.212. The standard InChI is InChI=1S/C16H17N5O/c22-16(17-12-5-6-12)18-14-7-8-15(20-19-14)21-10-9-11-3-1-2-4-13(11)21/h1-4,7-8,12H,5-6,9-10H2,(H2,17,18,19,22). The molecule has 0 spiro atoms. The van der Waals surface area contributed by atoms with Gasteiger partial charge >= 0.3 is 6.03 Å². The predicted octanol–water partition coefficient (Wildman–Crippen LogP) is 2.45. The van der Waals surface area contributed by atoms with E-state index in [2.05, 4.69) is 43.9 Å². The maximum Gasteiger partial charge on any atom is 0.320 e. The van der Waals surface area contributed by atoms with Crippen molar-refractivity contribution in [2.75, 3.05) is 16.8 Å². The van der Waals surface area contributed by atoms with Crippen LogP contribution in [-0.4, -0.2) is 28.8 Å². The molecule has 1 saturated carbocycles. The number of hydrogen-bond donors (Lipinski definition) is 2. The molecule has 0 bridgehead atoms. The minimum Gasteiger partial charge on any atom is -0.335 e. The van der Waals surface area contributed by atoms with Crippen LogP contribution in [0.5, 0.6) is 0 Å². The van der Waals surface area contributed by atoms with Crippen LogP contribution in [-0.2, 0) is 6.42 Å². The van der Waals surface area contributed by atoms with Gasteiger partial charge in [-0.1, -0.05) is 18.2 Å². The molecule has 6 heteroatoms. The normalized spacial score (nSPS) is 16.3. The van der Waals surface area contributed by atoms with E-state index < -0.39 is 0 Å². The van der Waals surface area contributed by atoms with Gasteiger partial charge in [-0.2, -0.15) is 0 Å². The zero-order chi connectivity index (χ0) is 14.9. The van der Waals surface area contributed by atoms with Gasteiger partial charge in [-0.3, -0.25) is 5.32 Å². The smallest absolute Gasteiger partial charge is 0.320 e. The van der Waals surface area contributed by atoms with E-state index in [9.17, 15) is 4.79 Å². The predicted molar refractivity (Wildman–Crippen MR) is 84.4 cm³/mol. The van der Waals surface area contributed by atoms with Crippen LogP contribution in [0.4, 0.5) is 22.1 Å². The number of nitrogens with one attached hydrogen (secondary N) is 2. The Bertz CT molecular complexity index is 696. The zero-order valence-electron chi connectivity index (χ0n) is 12.1. The van der Waals surface area contributed by atoms with Crippen LogP contribution in [0, 0.1) is 0 Å². The van der Waals surface area contributed by atoms with Gasteiger partial charge in [0.1, 0.15) is 0 Å². The first-order valence-corrected chi connectivity index (χ1v) is 7.56. The third-order valence-electron chi connectivity index (χ3n) is 3.97. The highest BCUT2D eigenvalue weighted by Crippen LogP contribution is 2.32. The quantitative estimate of drug-likeness (QED) is 0.912. The first-order chi connectivity index (χ1) is 10.8. The summed E-state index contributed by atoms with van der Waals surface area (Å²) in [5.41, 5.74) is 2.51. The molecule has 1 fully saturated rings. The molecule has 2 N–H and O–H groups in total. The number of anilines is 3. The summed E-state index contributed by atoms with van der Waals surface area (Å²) in [6, 6.07) is 12.1. The number of nitrogens with zero attached hydrogens (tertiary/aromatic N) is 3. The van der Waals surface area contributed by atoms with E-state index in [-0.39, 0.29) is 6.03 Å². The van der Waals surface area contributed by atoms with Gasteiger partial charge in [-0.05, 0) is 43.0 Å². The van der Waals surface area contributed by atoms with Gasteiger partial charge in [0.25, 0.3) is 0 Å².